The number of rotatable bonds is 8. The molecule has 0 radical (unpaired) electrons. The van der Waals surface area contributed by atoms with Gasteiger partial charge < -0.3 is 10.6 Å². The molecule has 0 aliphatic heterocycles. The van der Waals surface area contributed by atoms with Gasteiger partial charge in [0.2, 0.25) is 11.8 Å². The Labute approximate surface area is 176 Å². The van der Waals surface area contributed by atoms with Gasteiger partial charge in [-0.05, 0) is 55.4 Å². The molecular formula is C25H38N2O2. The zero-order valence-corrected chi connectivity index (χ0v) is 18.7. The van der Waals surface area contributed by atoms with Crippen LogP contribution in [0.2, 0.25) is 0 Å². The standard InChI is InChI=1S/C25H38N2O2/c1-6-27(25(29)21(16(4)5)20(15(2)3)24(26)28)23-19-13-12-18(14-19)22(23)17-10-8-7-9-11-17/h7-11,15-16,18-23H,6,12-14H2,1-5H3,(H2,26,28)/t18?,19?,20?,21-,22?,23?/m1/s1. The van der Waals surface area contributed by atoms with Crippen LogP contribution < -0.4 is 5.73 Å². The summed E-state index contributed by atoms with van der Waals surface area (Å²) < 4.78 is 0. The van der Waals surface area contributed by atoms with Crippen LogP contribution in [0.4, 0.5) is 0 Å². The smallest absolute Gasteiger partial charge is 0.227 e. The van der Waals surface area contributed by atoms with E-state index in [0.717, 1.165) is 0 Å². The van der Waals surface area contributed by atoms with Crippen molar-refractivity contribution in [2.75, 3.05) is 6.54 Å². The maximum atomic E-state index is 13.9. The Bertz CT molecular complexity index is 715. The maximum absolute atomic E-state index is 13.9. The van der Waals surface area contributed by atoms with E-state index in [0.29, 0.717) is 24.3 Å². The third kappa shape index (κ3) is 4.08. The van der Waals surface area contributed by atoms with E-state index < -0.39 is 5.92 Å². The number of nitrogens with two attached hydrogens (primary N) is 1. The topological polar surface area (TPSA) is 63.4 Å². The van der Waals surface area contributed by atoms with Crippen molar-refractivity contribution >= 4 is 11.8 Å². The molecule has 5 unspecified atom stereocenters. The number of likely N-dealkylation sites (N-methyl/N-ethyl adjacent to an activating group) is 1. The number of carbonyl (C=O) groups is 2. The van der Waals surface area contributed by atoms with Crippen molar-refractivity contribution in [1.82, 2.24) is 4.90 Å². The van der Waals surface area contributed by atoms with Gasteiger partial charge in [-0.25, -0.2) is 0 Å². The van der Waals surface area contributed by atoms with E-state index in [1.54, 1.807) is 0 Å². The van der Waals surface area contributed by atoms with Crippen LogP contribution in [0.5, 0.6) is 0 Å². The van der Waals surface area contributed by atoms with Crippen molar-refractivity contribution in [1.29, 1.82) is 0 Å². The third-order valence-corrected chi connectivity index (χ3v) is 7.48. The molecule has 0 aromatic heterocycles. The minimum atomic E-state index is -0.426. The van der Waals surface area contributed by atoms with Crippen LogP contribution in [0.25, 0.3) is 0 Å². The first-order valence-corrected chi connectivity index (χ1v) is 11.4. The van der Waals surface area contributed by atoms with Crippen LogP contribution in [-0.4, -0.2) is 29.3 Å². The van der Waals surface area contributed by atoms with Gasteiger partial charge in [0.1, 0.15) is 0 Å². The van der Waals surface area contributed by atoms with E-state index in [4.69, 9.17) is 5.73 Å². The normalized spacial score (nSPS) is 28.0. The molecule has 2 bridgehead atoms. The van der Waals surface area contributed by atoms with Crippen molar-refractivity contribution in [3.05, 3.63) is 35.9 Å². The highest BCUT2D eigenvalue weighted by molar-refractivity contribution is 5.87. The molecule has 2 N–H and O–H groups in total. The highest BCUT2D eigenvalue weighted by Crippen LogP contribution is 2.55. The predicted octanol–water partition coefficient (Wildman–Crippen LogP) is 4.45. The Kier molecular flexibility index (Phi) is 6.70. The van der Waals surface area contributed by atoms with Gasteiger partial charge in [-0.15, -0.1) is 0 Å². The fourth-order valence-corrected chi connectivity index (χ4v) is 6.33. The number of nitrogens with zero attached hydrogens (tertiary/aromatic N) is 1. The molecular weight excluding hydrogens is 360 g/mol. The number of primary amides is 1. The second kappa shape index (κ2) is 8.89. The summed E-state index contributed by atoms with van der Waals surface area (Å²) in [4.78, 5) is 28.3. The van der Waals surface area contributed by atoms with Gasteiger partial charge in [-0.1, -0.05) is 58.0 Å². The molecule has 0 spiro atoms. The SMILES string of the molecule is CCN(C(=O)[C@H](C(C)C)C(C(N)=O)C(C)C)C1C2CCC(C2)C1c1ccccc1. The van der Waals surface area contributed by atoms with Crippen molar-refractivity contribution in [3.8, 4) is 0 Å². The number of fused-ring (bicyclic) bond motifs is 2. The lowest BCUT2D eigenvalue weighted by Crippen LogP contribution is -2.53. The van der Waals surface area contributed by atoms with Crippen molar-refractivity contribution in [2.45, 2.75) is 65.8 Å². The van der Waals surface area contributed by atoms with Crippen LogP contribution in [0.3, 0.4) is 0 Å². The van der Waals surface area contributed by atoms with Gasteiger partial charge in [-0.3, -0.25) is 9.59 Å². The van der Waals surface area contributed by atoms with E-state index >= 15 is 0 Å². The Morgan fingerprint density at radius 1 is 1.00 bits per heavy atom. The van der Waals surface area contributed by atoms with Crippen molar-refractivity contribution < 1.29 is 9.59 Å². The molecule has 0 saturated heterocycles. The fourth-order valence-electron chi connectivity index (χ4n) is 6.33. The van der Waals surface area contributed by atoms with Crippen LogP contribution in [0, 0.1) is 35.5 Å². The Balaban J connectivity index is 1.96. The van der Waals surface area contributed by atoms with Crippen molar-refractivity contribution in [2.24, 2.45) is 41.2 Å². The number of hydrogen-bond acceptors (Lipinski definition) is 2. The average Bonchev–Trinajstić information content (AvgIpc) is 3.28. The molecule has 2 aliphatic rings. The van der Waals surface area contributed by atoms with Crippen LogP contribution in [-0.2, 0) is 9.59 Å². The molecule has 0 heterocycles. The average molecular weight is 399 g/mol. The molecule has 29 heavy (non-hydrogen) atoms. The van der Waals surface area contributed by atoms with Crippen LogP contribution in [0.1, 0.15) is 65.4 Å². The van der Waals surface area contributed by atoms with Gasteiger partial charge in [0.05, 0.1) is 11.8 Å². The summed E-state index contributed by atoms with van der Waals surface area (Å²) in [6.45, 7) is 10.9. The zero-order valence-electron chi connectivity index (χ0n) is 18.7. The fraction of sp³-hybridized carbons (Fsp3) is 0.680. The molecule has 1 aromatic carbocycles. The van der Waals surface area contributed by atoms with Gasteiger partial charge in [-0.2, -0.15) is 0 Å². The monoisotopic (exact) mass is 398 g/mol. The first-order chi connectivity index (χ1) is 13.8. The van der Waals surface area contributed by atoms with E-state index in [1.165, 1.54) is 24.8 Å². The molecule has 4 nitrogen and oxygen atoms in total. The molecule has 2 aliphatic carbocycles. The minimum Gasteiger partial charge on any atom is -0.369 e. The summed E-state index contributed by atoms with van der Waals surface area (Å²) in [6, 6.07) is 10.9. The molecule has 2 fully saturated rings. The lowest BCUT2D eigenvalue weighted by atomic mass is 9.74. The first-order valence-electron chi connectivity index (χ1n) is 11.4. The number of benzene rings is 1. The Morgan fingerprint density at radius 3 is 2.10 bits per heavy atom. The van der Waals surface area contributed by atoms with Crippen molar-refractivity contribution in [3.63, 3.8) is 0 Å². The Morgan fingerprint density at radius 2 is 1.59 bits per heavy atom. The molecule has 3 rings (SSSR count). The number of hydrogen-bond donors (Lipinski definition) is 1. The van der Waals surface area contributed by atoms with E-state index in [-0.39, 0.29) is 35.6 Å². The zero-order chi connectivity index (χ0) is 21.3. The summed E-state index contributed by atoms with van der Waals surface area (Å²) in [5.41, 5.74) is 7.13. The molecule has 160 valence electrons. The summed E-state index contributed by atoms with van der Waals surface area (Å²) >= 11 is 0. The molecule has 1 aromatic rings. The number of amides is 2. The molecule has 6 atom stereocenters. The highest BCUT2D eigenvalue weighted by Gasteiger charge is 2.52. The maximum Gasteiger partial charge on any atom is 0.227 e. The Hall–Kier alpha value is -1.84. The van der Waals surface area contributed by atoms with Gasteiger partial charge >= 0.3 is 0 Å². The predicted molar refractivity (Wildman–Crippen MR) is 117 cm³/mol. The van der Waals surface area contributed by atoms with Gasteiger partial charge in [0, 0.05) is 18.5 Å². The second-order valence-electron chi connectivity index (χ2n) is 9.83. The lowest BCUT2D eigenvalue weighted by Gasteiger charge is -2.43. The van der Waals surface area contributed by atoms with E-state index in [9.17, 15) is 9.59 Å². The van der Waals surface area contributed by atoms with E-state index in [2.05, 4.69) is 42.2 Å². The quantitative estimate of drug-likeness (QED) is 0.703. The van der Waals surface area contributed by atoms with Crippen LogP contribution in [0.15, 0.2) is 30.3 Å². The summed E-state index contributed by atoms with van der Waals surface area (Å²) in [5.74, 6) is 0.731. The van der Waals surface area contributed by atoms with Gasteiger partial charge in [0.25, 0.3) is 0 Å². The largest absolute Gasteiger partial charge is 0.369 e. The van der Waals surface area contributed by atoms with Gasteiger partial charge in [0.15, 0.2) is 0 Å². The number of carbonyl (C=O) groups excluding carboxylic acids is 2. The summed E-state index contributed by atoms with van der Waals surface area (Å²) in [6.07, 6.45) is 3.68. The summed E-state index contributed by atoms with van der Waals surface area (Å²) in [7, 11) is 0. The summed E-state index contributed by atoms with van der Waals surface area (Å²) in [5, 5.41) is 0. The lowest BCUT2D eigenvalue weighted by molar-refractivity contribution is -0.147. The second-order valence-corrected chi connectivity index (χ2v) is 9.83. The third-order valence-electron chi connectivity index (χ3n) is 7.48. The molecule has 4 heteroatoms. The van der Waals surface area contributed by atoms with E-state index in [1.807, 2.05) is 27.7 Å². The molecule has 2 amide bonds. The minimum absolute atomic E-state index is 0.0486. The van der Waals surface area contributed by atoms with Crippen LogP contribution >= 0.6 is 0 Å². The molecule has 2 saturated carbocycles. The highest BCUT2D eigenvalue weighted by atomic mass is 16.2. The first kappa shape index (κ1) is 21.9.